The van der Waals surface area contributed by atoms with Crippen LogP contribution in [0.3, 0.4) is 0 Å². The van der Waals surface area contributed by atoms with Crippen LogP contribution in [0, 0.1) is 0 Å². The molecule has 21 heavy (non-hydrogen) atoms. The Morgan fingerprint density at radius 2 is 1.71 bits per heavy atom. The van der Waals surface area contributed by atoms with Crippen LogP contribution in [0.15, 0.2) is 48.5 Å². The van der Waals surface area contributed by atoms with Crippen molar-refractivity contribution in [2.75, 3.05) is 0 Å². The van der Waals surface area contributed by atoms with E-state index in [4.69, 9.17) is 29.0 Å². The van der Waals surface area contributed by atoms with Crippen molar-refractivity contribution < 1.29 is 0 Å². The van der Waals surface area contributed by atoms with Crippen LogP contribution < -0.4 is 11.3 Å². The van der Waals surface area contributed by atoms with Crippen molar-refractivity contribution in [3.05, 3.63) is 69.7 Å². The van der Waals surface area contributed by atoms with E-state index in [1.54, 1.807) is 0 Å². The Morgan fingerprint density at radius 3 is 2.38 bits per heavy atom. The first-order valence-electron chi connectivity index (χ1n) is 7.13. The molecule has 0 aliphatic carbocycles. The van der Waals surface area contributed by atoms with Gasteiger partial charge in [0.05, 0.1) is 10.0 Å². The van der Waals surface area contributed by atoms with Gasteiger partial charge in [-0.1, -0.05) is 59.6 Å². The highest BCUT2D eigenvalue weighted by Gasteiger charge is 2.09. The fraction of sp³-hybridized carbons (Fsp3) is 0.294. The lowest BCUT2D eigenvalue weighted by molar-refractivity contribution is 0.476. The number of rotatable bonds is 7. The molecule has 0 aliphatic rings. The first kappa shape index (κ1) is 16.3. The van der Waals surface area contributed by atoms with E-state index < -0.39 is 0 Å². The first-order chi connectivity index (χ1) is 10.2. The summed E-state index contributed by atoms with van der Waals surface area (Å²) in [7, 11) is 0. The third-order valence-corrected chi connectivity index (χ3v) is 4.30. The fourth-order valence-corrected chi connectivity index (χ4v) is 2.71. The lowest BCUT2D eigenvalue weighted by Gasteiger charge is -2.16. The molecule has 0 saturated carbocycles. The Balaban J connectivity index is 1.84. The van der Waals surface area contributed by atoms with Crippen molar-refractivity contribution in [2.24, 2.45) is 5.84 Å². The van der Waals surface area contributed by atoms with Gasteiger partial charge >= 0.3 is 0 Å². The molecule has 0 saturated heterocycles. The zero-order valence-electron chi connectivity index (χ0n) is 11.9. The predicted octanol–water partition coefficient (Wildman–Crippen LogP) is 4.39. The van der Waals surface area contributed by atoms with Crippen LogP contribution in [0.1, 0.15) is 24.0 Å². The van der Waals surface area contributed by atoms with Crippen molar-refractivity contribution in [1.82, 2.24) is 5.43 Å². The largest absolute Gasteiger partial charge is 0.271 e. The number of aryl methyl sites for hydroxylation is 1. The van der Waals surface area contributed by atoms with E-state index in [0.29, 0.717) is 10.0 Å². The maximum absolute atomic E-state index is 6.04. The molecule has 0 bridgehead atoms. The van der Waals surface area contributed by atoms with Gasteiger partial charge in [0.2, 0.25) is 0 Å². The van der Waals surface area contributed by atoms with Gasteiger partial charge in [-0.25, -0.2) is 0 Å². The van der Waals surface area contributed by atoms with E-state index >= 15 is 0 Å². The minimum absolute atomic E-state index is 0.242. The molecule has 4 heteroatoms. The number of nitrogens with one attached hydrogen (secondary N) is 1. The predicted molar refractivity (Wildman–Crippen MR) is 90.7 cm³/mol. The van der Waals surface area contributed by atoms with Crippen molar-refractivity contribution in [2.45, 2.75) is 31.7 Å². The highest BCUT2D eigenvalue weighted by molar-refractivity contribution is 6.42. The summed E-state index contributed by atoms with van der Waals surface area (Å²) in [6, 6.07) is 16.5. The van der Waals surface area contributed by atoms with Gasteiger partial charge in [-0.3, -0.25) is 11.3 Å². The second-order valence-corrected chi connectivity index (χ2v) is 6.01. The van der Waals surface area contributed by atoms with E-state index in [1.807, 2.05) is 24.3 Å². The van der Waals surface area contributed by atoms with Crippen LogP contribution in [0.25, 0.3) is 0 Å². The number of hydrogen-bond acceptors (Lipinski definition) is 2. The Morgan fingerprint density at radius 1 is 0.952 bits per heavy atom. The molecule has 0 fully saturated rings. The third-order valence-electron chi connectivity index (χ3n) is 3.56. The van der Waals surface area contributed by atoms with Gasteiger partial charge in [-0.2, -0.15) is 0 Å². The van der Waals surface area contributed by atoms with E-state index in [-0.39, 0.29) is 6.04 Å². The fourth-order valence-electron chi connectivity index (χ4n) is 2.39. The van der Waals surface area contributed by atoms with Crippen LogP contribution in [-0.2, 0) is 12.8 Å². The highest BCUT2D eigenvalue weighted by atomic mass is 35.5. The van der Waals surface area contributed by atoms with Gasteiger partial charge in [0.1, 0.15) is 0 Å². The van der Waals surface area contributed by atoms with E-state index in [9.17, 15) is 0 Å². The average Bonchev–Trinajstić information content (AvgIpc) is 2.51. The summed E-state index contributed by atoms with van der Waals surface area (Å²) in [5, 5.41) is 1.18. The van der Waals surface area contributed by atoms with Crippen LogP contribution in [-0.4, -0.2) is 6.04 Å². The minimum Gasteiger partial charge on any atom is -0.271 e. The summed E-state index contributed by atoms with van der Waals surface area (Å²) in [5.41, 5.74) is 5.40. The molecule has 0 heterocycles. The maximum atomic E-state index is 6.04. The zero-order valence-corrected chi connectivity index (χ0v) is 13.4. The molecule has 2 rings (SSSR count). The molecule has 0 radical (unpaired) electrons. The van der Waals surface area contributed by atoms with Crippen LogP contribution in [0.2, 0.25) is 10.0 Å². The van der Waals surface area contributed by atoms with Gasteiger partial charge in [0, 0.05) is 6.04 Å². The summed E-state index contributed by atoms with van der Waals surface area (Å²) in [6.07, 6.45) is 4.04. The molecular weight excluding hydrogens is 303 g/mol. The molecule has 112 valence electrons. The van der Waals surface area contributed by atoms with E-state index in [0.717, 1.165) is 31.2 Å². The molecule has 0 aliphatic heterocycles. The standard InChI is InChI=1S/C17H20Cl2N2/c18-16-10-9-14(12-17(16)19)11-15(21-20)8-4-7-13-5-2-1-3-6-13/h1-3,5-6,9-10,12,15,21H,4,7-8,11,20H2. The molecule has 0 amide bonds. The molecular formula is C17H20Cl2N2. The molecule has 0 aromatic heterocycles. The van der Waals surface area contributed by atoms with Crippen molar-refractivity contribution in [3.8, 4) is 0 Å². The highest BCUT2D eigenvalue weighted by Crippen LogP contribution is 2.23. The summed E-state index contributed by atoms with van der Waals surface area (Å²) in [5.74, 6) is 5.66. The number of hydrogen-bond donors (Lipinski definition) is 2. The number of halogens is 2. The molecule has 2 aromatic rings. The van der Waals surface area contributed by atoms with Crippen molar-refractivity contribution in [3.63, 3.8) is 0 Å². The Bertz CT molecular complexity index is 558. The maximum Gasteiger partial charge on any atom is 0.0595 e. The van der Waals surface area contributed by atoms with Crippen LogP contribution in [0.4, 0.5) is 0 Å². The topological polar surface area (TPSA) is 38.0 Å². The Labute approximate surface area is 136 Å². The Hall–Kier alpha value is -1.06. The zero-order chi connectivity index (χ0) is 15.1. The molecule has 2 nitrogen and oxygen atoms in total. The van der Waals surface area contributed by atoms with Gasteiger partial charge in [-0.05, 0) is 48.9 Å². The van der Waals surface area contributed by atoms with Crippen molar-refractivity contribution >= 4 is 23.2 Å². The molecule has 2 aromatic carbocycles. The SMILES string of the molecule is NNC(CCCc1ccccc1)Cc1ccc(Cl)c(Cl)c1. The lowest BCUT2D eigenvalue weighted by Crippen LogP contribution is -2.36. The van der Waals surface area contributed by atoms with E-state index in [1.165, 1.54) is 5.56 Å². The summed E-state index contributed by atoms with van der Waals surface area (Å²) >= 11 is 12.0. The van der Waals surface area contributed by atoms with Crippen LogP contribution in [0.5, 0.6) is 0 Å². The van der Waals surface area contributed by atoms with Gasteiger partial charge in [0.25, 0.3) is 0 Å². The molecule has 0 spiro atoms. The number of nitrogens with two attached hydrogens (primary N) is 1. The molecule has 3 N–H and O–H groups in total. The second kappa shape index (κ2) is 8.40. The minimum atomic E-state index is 0.242. The molecule has 1 unspecified atom stereocenters. The van der Waals surface area contributed by atoms with Gasteiger partial charge in [-0.15, -0.1) is 0 Å². The smallest absolute Gasteiger partial charge is 0.0595 e. The molecule has 1 atom stereocenters. The Kier molecular flexibility index (Phi) is 6.52. The van der Waals surface area contributed by atoms with Gasteiger partial charge < -0.3 is 0 Å². The first-order valence-corrected chi connectivity index (χ1v) is 7.88. The summed E-state index contributed by atoms with van der Waals surface area (Å²) in [4.78, 5) is 0. The van der Waals surface area contributed by atoms with Gasteiger partial charge in [0.15, 0.2) is 0 Å². The van der Waals surface area contributed by atoms with Crippen LogP contribution >= 0.6 is 23.2 Å². The average molecular weight is 323 g/mol. The van der Waals surface area contributed by atoms with E-state index in [2.05, 4.69) is 29.7 Å². The quantitative estimate of drug-likeness (QED) is 0.586. The second-order valence-electron chi connectivity index (χ2n) is 5.19. The summed E-state index contributed by atoms with van der Waals surface area (Å²) in [6.45, 7) is 0. The monoisotopic (exact) mass is 322 g/mol. The normalized spacial score (nSPS) is 12.3. The summed E-state index contributed by atoms with van der Waals surface area (Å²) < 4.78 is 0. The lowest BCUT2D eigenvalue weighted by atomic mass is 9.99. The third kappa shape index (κ3) is 5.33. The number of hydrazine groups is 1. The van der Waals surface area contributed by atoms with Crippen molar-refractivity contribution in [1.29, 1.82) is 0 Å². The number of benzene rings is 2.